The van der Waals surface area contributed by atoms with E-state index in [1.54, 1.807) is 18.0 Å². The van der Waals surface area contributed by atoms with Crippen LogP contribution in [0.2, 0.25) is 0 Å². The molecule has 14 heavy (non-hydrogen) atoms. The maximum absolute atomic E-state index is 4.24. The molecule has 0 bridgehead atoms. The summed E-state index contributed by atoms with van der Waals surface area (Å²) in [5.41, 5.74) is 4.04. The van der Waals surface area contributed by atoms with Crippen molar-refractivity contribution in [3.63, 3.8) is 0 Å². The van der Waals surface area contributed by atoms with Gasteiger partial charge in [-0.2, -0.15) is 5.10 Å². The van der Waals surface area contributed by atoms with Gasteiger partial charge in [0, 0.05) is 6.20 Å². The van der Waals surface area contributed by atoms with Crippen molar-refractivity contribution in [2.45, 2.75) is 26.1 Å². The van der Waals surface area contributed by atoms with Gasteiger partial charge in [0.1, 0.15) is 5.37 Å². The Balaban J connectivity index is 0.000000461. The molecule has 1 aliphatic heterocycles. The minimum absolute atomic E-state index is 0.200. The molecule has 0 saturated heterocycles. The van der Waals surface area contributed by atoms with Gasteiger partial charge in [-0.1, -0.05) is 31.7 Å². The van der Waals surface area contributed by atoms with Crippen LogP contribution in [-0.2, 0) is 0 Å². The van der Waals surface area contributed by atoms with Gasteiger partial charge in [0.15, 0.2) is 0 Å². The molecular weight excluding hydrogens is 194 g/mol. The van der Waals surface area contributed by atoms with Gasteiger partial charge in [-0.05, 0) is 19.1 Å². The second kappa shape index (κ2) is 5.65. The number of pyridine rings is 1. The molecule has 1 N–H and O–H groups in total. The Kier molecular flexibility index (Phi) is 4.46. The molecule has 2 rings (SSSR count). The topological polar surface area (TPSA) is 37.3 Å². The molecule has 1 aromatic heterocycles. The van der Waals surface area contributed by atoms with Crippen molar-refractivity contribution >= 4 is 16.8 Å². The van der Waals surface area contributed by atoms with E-state index < -0.39 is 0 Å². The zero-order valence-corrected chi connectivity index (χ0v) is 9.51. The van der Waals surface area contributed by atoms with Crippen molar-refractivity contribution in [1.29, 1.82) is 0 Å². The quantitative estimate of drug-likeness (QED) is 0.772. The predicted octanol–water partition coefficient (Wildman–Crippen LogP) is 2.78. The maximum atomic E-state index is 4.24. The van der Waals surface area contributed by atoms with Crippen molar-refractivity contribution in [3.8, 4) is 0 Å². The highest BCUT2D eigenvalue weighted by molar-refractivity contribution is 8.14. The summed E-state index contributed by atoms with van der Waals surface area (Å²) in [7, 11) is 0. The Morgan fingerprint density at radius 1 is 1.36 bits per heavy atom. The average molecular weight is 209 g/mol. The van der Waals surface area contributed by atoms with E-state index in [2.05, 4.69) is 15.5 Å². The first kappa shape index (κ1) is 11.0. The Labute approximate surface area is 89.0 Å². The van der Waals surface area contributed by atoms with Gasteiger partial charge < -0.3 is 0 Å². The molecule has 0 saturated carbocycles. The second-order valence-electron chi connectivity index (χ2n) is 2.51. The molecule has 0 aliphatic carbocycles. The summed E-state index contributed by atoms with van der Waals surface area (Å²) >= 11 is 1.69. The lowest BCUT2D eigenvalue weighted by Crippen LogP contribution is -2.07. The van der Waals surface area contributed by atoms with Crippen LogP contribution in [0.5, 0.6) is 0 Å². The monoisotopic (exact) mass is 209 g/mol. The highest BCUT2D eigenvalue weighted by Gasteiger charge is 2.18. The Bertz CT molecular complexity index is 297. The van der Waals surface area contributed by atoms with E-state index in [0.717, 1.165) is 10.7 Å². The summed E-state index contributed by atoms with van der Waals surface area (Å²) in [6.07, 6.45) is 1.80. The van der Waals surface area contributed by atoms with Crippen molar-refractivity contribution in [2.24, 2.45) is 5.10 Å². The normalized spacial score (nSPS) is 19.1. The fourth-order valence-corrected chi connectivity index (χ4v) is 1.84. The molecular formula is C10H15N3S. The fourth-order valence-electron chi connectivity index (χ4n) is 1.03. The van der Waals surface area contributed by atoms with Crippen molar-refractivity contribution in [2.75, 3.05) is 0 Å². The Morgan fingerprint density at radius 3 is 2.64 bits per heavy atom. The number of hydrogen-bond donors (Lipinski definition) is 1. The maximum Gasteiger partial charge on any atom is 0.137 e. The van der Waals surface area contributed by atoms with Crippen LogP contribution < -0.4 is 5.43 Å². The first-order chi connectivity index (χ1) is 6.86. The van der Waals surface area contributed by atoms with Crippen LogP contribution in [0.1, 0.15) is 31.8 Å². The number of thioether (sulfide) groups is 1. The lowest BCUT2D eigenvalue weighted by atomic mass is 10.3. The fraction of sp³-hybridized carbons (Fsp3) is 0.400. The summed E-state index contributed by atoms with van der Waals surface area (Å²) < 4.78 is 0. The number of rotatable bonds is 1. The number of hydrazone groups is 1. The molecule has 0 aromatic carbocycles. The Morgan fingerprint density at radius 2 is 2.14 bits per heavy atom. The van der Waals surface area contributed by atoms with Gasteiger partial charge in [0.25, 0.3) is 0 Å². The van der Waals surface area contributed by atoms with E-state index in [9.17, 15) is 0 Å². The van der Waals surface area contributed by atoms with E-state index >= 15 is 0 Å². The van der Waals surface area contributed by atoms with Crippen molar-refractivity contribution < 1.29 is 0 Å². The third-order valence-electron chi connectivity index (χ3n) is 1.58. The summed E-state index contributed by atoms with van der Waals surface area (Å²) in [5.74, 6) is 0. The van der Waals surface area contributed by atoms with Crippen LogP contribution >= 0.6 is 11.8 Å². The van der Waals surface area contributed by atoms with E-state index in [0.29, 0.717) is 0 Å². The zero-order valence-electron chi connectivity index (χ0n) is 8.69. The molecule has 0 spiro atoms. The van der Waals surface area contributed by atoms with E-state index in [4.69, 9.17) is 0 Å². The molecule has 1 unspecified atom stereocenters. The van der Waals surface area contributed by atoms with Crippen LogP contribution in [0.15, 0.2) is 29.5 Å². The van der Waals surface area contributed by atoms with Gasteiger partial charge in [0.2, 0.25) is 0 Å². The van der Waals surface area contributed by atoms with Gasteiger partial charge in [-0.3, -0.25) is 10.4 Å². The second-order valence-corrected chi connectivity index (χ2v) is 3.81. The SMILES string of the molecule is CC.CC1=NNC(c2ccccn2)S1. The highest BCUT2D eigenvalue weighted by Crippen LogP contribution is 2.29. The summed E-state index contributed by atoms with van der Waals surface area (Å²) in [4.78, 5) is 4.24. The van der Waals surface area contributed by atoms with E-state index in [1.165, 1.54) is 0 Å². The van der Waals surface area contributed by atoms with Crippen LogP contribution in [0.3, 0.4) is 0 Å². The molecule has 76 valence electrons. The minimum atomic E-state index is 0.200. The van der Waals surface area contributed by atoms with Gasteiger partial charge in [-0.25, -0.2) is 0 Å². The van der Waals surface area contributed by atoms with Crippen LogP contribution in [0, 0.1) is 0 Å². The number of aromatic nitrogens is 1. The standard InChI is InChI=1S/C8H9N3S.C2H6/c1-6-10-11-8(12-6)7-4-2-3-5-9-7;1-2/h2-5,8,11H,1H3;1-2H3. The molecule has 1 atom stereocenters. The first-order valence-corrected chi connectivity index (χ1v) is 5.61. The lowest BCUT2D eigenvalue weighted by molar-refractivity contribution is 0.724. The summed E-state index contributed by atoms with van der Waals surface area (Å²) in [5, 5.41) is 5.34. The third-order valence-corrected chi connectivity index (χ3v) is 2.60. The van der Waals surface area contributed by atoms with E-state index in [1.807, 2.05) is 39.0 Å². The van der Waals surface area contributed by atoms with Gasteiger partial charge >= 0.3 is 0 Å². The van der Waals surface area contributed by atoms with Gasteiger partial charge in [0.05, 0.1) is 10.7 Å². The van der Waals surface area contributed by atoms with E-state index in [-0.39, 0.29) is 5.37 Å². The zero-order chi connectivity index (χ0) is 10.4. The predicted molar refractivity (Wildman–Crippen MR) is 62.2 cm³/mol. The molecule has 0 amide bonds. The molecule has 1 aliphatic rings. The third kappa shape index (κ3) is 2.73. The van der Waals surface area contributed by atoms with Crippen LogP contribution in [0.25, 0.3) is 0 Å². The number of hydrogen-bond acceptors (Lipinski definition) is 4. The molecule has 4 heteroatoms. The molecule has 0 fully saturated rings. The lowest BCUT2D eigenvalue weighted by Gasteiger charge is -2.06. The summed E-state index contributed by atoms with van der Waals surface area (Å²) in [6.45, 7) is 5.99. The minimum Gasteiger partial charge on any atom is -0.290 e. The number of nitrogens with one attached hydrogen (secondary N) is 1. The Hall–Kier alpha value is -1.03. The van der Waals surface area contributed by atoms with Crippen LogP contribution in [-0.4, -0.2) is 10.0 Å². The highest BCUT2D eigenvalue weighted by atomic mass is 32.2. The molecule has 0 radical (unpaired) electrons. The smallest absolute Gasteiger partial charge is 0.137 e. The van der Waals surface area contributed by atoms with Gasteiger partial charge in [-0.15, -0.1) is 0 Å². The summed E-state index contributed by atoms with van der Waals surface area (Å²) in [6, 6.07) is 5.90. The number of nitrogens with zero attached hydrogens (tertiary/aromatic N) is 2. The van der Waals surface area contributed by atoms with Crippen LogP contribution in [0.4, 0.5) is 0 Å². The average Bonchev–Trinajstić information content (AvgIpc) is 2.69. The van der Waals surface area contributed by atoms with Crippen molar-refractivity contribution in [1.82, 2.24) is 10.4 Å². The first-order valence-electron chi connectivity index (χ1n) is 4.73. The van der Waals surface area contributed by atoms with Crippen molar-refractivity contribution in [3.05, 3.63) is 30.1 Å². The molecule has 3 nitrogen and oxygen atoms in total. The largest absolute Gasteiger partial charge is 0.290 e. The molecule has 1 aromatic rings. The molecule has 2 heterocycles.